The fraction of sp³-hybridized carbons (Fsp3) is 0.222. The van der Waals surface area contributed by atoms with Crippen LogP contribution in [0, 0.1) is 0 Å². The van der Waals surface area contributed by atoms with E-state index in [-0.39, 0.29) is 18.7 Å². The quantitative estimate of drug-likeness (QED) is 0.676. The first-order chi connectivity index (χ1) is 12.6. The molecule has 0 unspecified atom stereocenters. The Kier molecular flexibility index (Phi) is 5.80. The van der Waals surface area contributed by atoms with Crippen LogP contribution in [0.15, 0.2) is 42.5 Å². The molecule has 0 bridgehead atoms. The normalized spacial score (nSPS) is 11.7. The third kappa shape index (κ3) is 4.58. The summed E-state index contributed by atoms with van der Waals surface area (Å²) in [5.74, 6) is 1.10. The second-order valence-corrected chi connectivity index (χ2v) is 5.94. The van der Waals surface area contributed by atoms with Crippen molar-refractivity contribution >= 4 is 23.5 Å². The molecule has 136 valence electrons. The zero-order valence-corrected chi connectivity index (χ0v) is 14.6. The Labute approximate surface area is 155 Å². The van der Waals surface area contributed by atoms with Crippen LogP contribution in [0.4, 0.5) is 4.79 Å². The zero-order chi connectivity index (χ0) is 18.4. The first-order valence-corrected chi connectivity index (χ1v) is 8.44. The molecule has 2 aromatic rings. The molecule has 1 aliphatic rings. The molecule has 0 aliphatic carbocycles. The van der Waals surface area contributed by atoms with Crippen LogP contribution < -0.4 is 25.4 Å². The molecule has 1 aliphatic heterocycles. The second-order valence-electron chi connectivity index (χ2n) is 5.53. The van der Waals surface area contributed by atoms with E-state index in [2.05, 4.69) is 16.0 Å². The zero-order valence-electron chi connectivity index (χ0n) is 13.9. The van der Waals surface area contributed by atoms with Gasteiger partial charge >= 0.3 is 6.03 Å². The molecule has 0 atom stereocenters. The highest BCUT2D eigenvalue weighted by atomic mass is 35.5. The van der Waals surface area contributed by atoms with Crippen LogP contribution in [-0.4, -0.2) is 31.8 Å². The summed E-state index contributed by atoms with van der Waals surface area (Å²) in [6.45, 7) is 1.16. The molecule has 0 spiro atoms. The van der Waals surface area contributed by atoms with Crippen molar-refractivity contribution in [3.05, 3.63) is 58.6 Å². The molecule has 7 nitrogen and oxygen atoms in total. The topological polar surface area (TPSA) is 88.7 Å². The lowest BCUT2D eigenvalue weighted by molar-refractivity contribution is 0.0954. The third-order valence-electron chi connectivity index (χ3n) is 3.70. The number of halogens is 1. The molecule has 3 N–H and O–H groups in total. The predicted octanol–water partition coefficient (Wildman–Crippen LogP) is 2.30. The minimum atomic E-state index is -0.324. The maximum Gasteiger partial charge on any atom is 0.315 e. The number of fused-ring (bicyclic) bond motifs is 1. The maximum atomic E-state index is 12.0. The van der Waals surface area contributed by atoms with Gasteiger partial charge in [0, 0.05) is 19.6 Å². The van der Waals surface area contributed by atoms with Gasteiger partial charge in [-0.2, -0.15) is 0 Å². The number of ether oxygens (including phenoxy) is 2. The van der Waals surface area contributed by atoms with Gasteiger partial charge in [-0.25, -0.2) is 4.79 Å². The molecule has 8 heteroatoms. The van der Waals surface area contributed by atoms with Gasteiger partial charge in [-0.1, -0.05) is 29.8 Å². The van der Waals surface area contributed by atoms with E-state index >= 15 is 0 Å². The molecule has 0 saturated heterocycles. The number of carbonyl (C=O) groups is 2. The van der Waals surface area contributed by atoms with Gasteiger partial charge in [0.25, 0.3) is 5.91 Å². The van der Waals surface area contributed by atoms with Crippen LogP contribution in [0.5, 0.6) is 11.5 Å². The second kappa shape index (κ2) is 8.44. The summed E-state index contributed by atoms with van der Waals surface area (Å²) in [6.07, 6.45) is 0. The summed E-state index contributed by atoms with van der Waals surface area (Å²) < 4.78 is 10.5. The van der Waals surface area contributed by atoms with Gasteiger partial charge in [-0.15, -0.1) is 0 Å². The summed E-state index contributed by atoms with van der Waals surface area (Å²) in [4.78, 5) is 23.8. The van der Waals surface area contributed by atoms with Gasteiger partial charge in [0.15, 0.2) is 11.5 Å². The minimum absolute atomic E-state index is 0.215. The standard InChI is InChI=1S/C18H18ClN3O4/c19-14-4-2-1-3-13(14)17(23)20-7-8-21-18(24)22-10-12-5-6-15-16(9-12)26-11-25-15/h1-6,9H,7-8,10-11H2,(H,20,23)(H2,21,22,24). The number of rotatable bonds is 6. The van der Waals surface area contributed by atoms with E-state index in [1.54, 1.807) is 24.3 Å². The van der Waals surface area contributed by atoms with Crippen LogP contribution >= 0.6 is 11.6 Å². The average Bonchev–Trinajstić information content (AvgIpc) is 3.11. The first-order valence-electron chi connectivity index (χ1n) is 8.06. The Morgan fingerprint density at radius 2 is 1.73 bits per heavy atom. The Hall–Kier alpha value is -2.93. The smallest absolute Gasteiger partial charge is 0.315 e. The van der Waals surface area contributed by atoms with E-state index in [1.807, 2.05) is 18.2 Å². The van der Waals surface area contributed by atoms with Crippen LogP contribution in [0.2, 0.25) is 5.02 Å². The Morgan fingerprint density at radius 1 is 0.962 bits per heavy atom. The molecule has 1 heterocycles. The first kappa shape index (κ1) is 17.9. The number of benzene rings is 2. The van der Waals surface area contributed by atoms with Crippen molar-refractivity contribution in [2.24, 2.45) is 0 Å². The van der Waals surface area contributed by atoms with Gasteiger partial charge in [0.1, 0.15) is 0 Å². The summed E-state index contributed by atoms with van der Waals surface area (Å²) in [7, 11) is 0. The van der Waals surface area contributed by atoms with Gasteiger partial charge in [0.2, 0.25) is 6.79 Å². The average molecular weight is 376 g/mol. The lowest BCUT2D eigenvalue weighted by Crippen LogP contribution is -2.40. The number of amides is 3. The largest absolute Gasteiger partial charge is 0.454 e. The van der Waals surface area contributed by atoms with Crippen molar-refractivity contribution < 1.29 is 19.1 Å². The van der Waals surface area contributed by atoms with Gasteiger partial charge in [0.05, 0.1) is 10.6 Å². The highest BCUT2D eigenvalue weighted by Gasteiger charge is 2.13. The number of nitrogens with one attached hydrogen (secondary N) is 3. The lowest BCUT2D eigenvalue weighted by Gasteiger charge is -2.09. The van der Waals surface area contributed by atoms with E-state index < -0.39 is 0 Å². The van der Waals surface area contributed by atoms with Crippen molar-refractivity contribution in [1.82, 2.24) is 16.0 Å². The Bertz CT molecular complexity index is 813. The Balaban J connectivity index is 1.35. The van der Waals surface area contributed by atoms with Crippen LogP contribution in [0.25, 0.3) is 0 Å². The molecular formula is C18H18ClN3O4. The van der Waals surface area contributed by atoms with Crippen LogP contribution in [0.3, 0.4) is 0 Å². The van der Waals surface area contributed by atoms with Crippen molar-refractivity contribution in [3.63, 3.8) is 0 Å². The summed E-state index contributed by atoms with van der Waals surface area (Å²) in [5, 5.41) is 8.50. The molecule has 0 radical (unpaired) electrons. The predicted molar refractivity (Wildman–Crippen MR) is 96.6 cm³/mol. The summed E-state index contributed by atoms with van der Waals surface area (Å²) in [5.41, 5.74) is 1.30. The highest BCUT2D eigenvalue weighted by molar-refractivity contribution is 6.33. The number of hydrogen-bond donors (Lipinski definition) is 3. The van der Waals surface area contributed by atoms with E-state index in [1.165, 1.54) is 0 Å². The van der Waals surface area contributed by atoms with Gasteiger partial charge < -0.3 is 25.4 Å². The van der Waals surface area contributed by atoms with E-state index in [9.17, 15) is 9.59 Å². The summed E-state index contributed by atoms with van der Waals surface area (Å²) >= 11 is 5.96. The molecule has 0 aromatic heterocycles. The van der Waals surface area contributed by atoms with Crippen molar-refractivity contribution in [1.29, 1.82) is 0 Å². The Morgan fingerprint density at radius 3 is 2.58 bits per heavy atom. The van der Waals surface area contributed by atoms with E-state index in [4.69, 9.17) is 21.1 Å². The van der Waals surface area contributed by atoms with E-state index in [0.717, 1.165) is 5.56 Å². The van der Waals surface area contributed by atoms with Crippen LogP contribution in [-0.2, 0) is 6.54 Å². The third-order valence-corrected chi connectivity index (χ3v) is 4.03. The highest BCUT2D eigenvalue weighted by Crippen LogP contribution is 2.32. The monoisotopic (exact) mass is 375 g/mol. The molecule has 2 aromatic carbocycles. The number of carbonyl (C=O) groups excluding carboxylic acids is 2. The summed E-state index contributed by atoms with van der Waals surface area (Å²) in [6, 6.07) is 12.0. The van der Waals surface area contributed by atoms with Crippen molar-refractivity contribution in [2.75, 3.05) is 19.9 Å². The molecule has 3 amide bonds. The lowest BCUT2D eigenvalue weighted by atomic mass is 10.2. The number of hydrogen-bond acceptors (Lipinski definition) is 4. The van der Waals surface area contributed by atoms with Crippen molar-refractivity contribution in [2.45, 2.75) is 6.54 Å². The van der Waals surface area contributed by atoms with Gasteiger partial charge in [-0.3, -0.25) is 4.79 Å². The van der Waals surface area contributed by atoms with E-state index in [0.29, 0.717) is 41.7 Å². The molecule has 0 fully saturated rings. The fourth-order valence-electron chi connectivity index (χ4n) is 2.39. The molecule has 0 saturated carbocycles. The molecular weight excluding hydrogens is 358 g/mol. The van der Waals surface area contributed by atoms with Crippen molar-refractivity contribution in [3.8, 4) is 11.5 Å². The van der Waals surface area contributed by atoms with Crippen LogP contribution in [0.1, 0.15) is 15.9 Å². The minimum Gasteiger partial charge on any atom is -0.454 e. The van der Waals surface area contributed by atoms with Gasteiger partial charge in [-0.05, 0) is 29.8 Å². The SMILES string of the molecule is O=C(NCCNC(=O)c1ccccc1Cl)NCc1ccc2c(c1)OCO2. The maximum absolute atomic E-state index is 12.0. The molecule has 26 heavy (non-hydrogen) atoms. The fourth-order valence-corrected chi connectivity index (χ4v) is 2.61. The number of urea groups is 1. The molecule has 3 rings (SSSR count).